The molecule has 7 heteroatoms. The smallest absolute Gasteiger partial charge is 0.259 e. The Balaban J connectivity index is 1.43. The maximum Gasteiger partial charge on any atom is 0.259 e. The van der Waals surface area contributed by atoms with Crippen LogP contribution in [-0.4, -0.2) is 43.6 Å². The molecule has 27 heavy (non-hydrogen) atoms. The fourth-order valence-corrected chi connectivity index (χ4v) is 3.77. The van der Waals surface area contributed by atoms with Crippen LogP contribution in [0.4, 0.5) is 0 Å². The van der Waals surface area contributed by atoms with Crippen LogP contribution in [0.1, 0.15) is 52.1 Å². The minimum atomic E-state index is 0.0153. The quantitative estimate of drug-likeness (QED) is 0.710. The standard InChI is InChI=1S/C20H23N5O2/c1-14-18(15(2)27-23-14)20(26)24-10-6-16(7-11-24)19-22-9-12-25(19)13-17-5-3-4-8-21-17/h3-5,8-9,12,16H,6-7,10-11,13H2,1-2H3. The minimum absolute atomic E-state index is 0.0153. The van der Waals surface area contributed by atoms with Gasteiger partial charge in [0.15, 0.2) is 0 Å². The van der Waals surface area contributed by atoms with E-state index in [4.69, 9.17) is 4.52 Å². The number of nitrogens with zero attached hydrogens (tertiary/aromatic N) is 5. The number of piperidine rings is 1. The van der Waals surface area contributed by atoms with Crippen LogP contribution in [0.5, 0.6) is 0 Å². The number of aryl methyl sites for hydroxylation is 2. The van der Waals surface area contributed by atoms with Gasteiger partial charge in [-0.3, -0.25) is 9.78 Å². The van der Waals surface area contributed by atoms with E-state index in [0.717, 1.165) is 24.4 Å². The number of hydrogen-bond acceptors (Lipinski definition) is 5. The second kappa shape index (κ2) is 7.34. The number of pyridine rings is 1. The van der Waals surface area contributed by atoms with Crippen molar-refractivity contribution in [3.05, 3.63) is 65.3 Å². The molecule has 0 aromatic carbocycles. The van der Waals surface area contributed by atoms with Gasteiger partial charge in [0.2, 0.25) is 0 Å². The second-order valence-corrected chi connectivity index (χ2v) is 7.00. The summed E-state index contributed by atoms with van der Waals surface area (Å²) in [4.78, 5) is 23.7. The first kappa shape index (κ1) is 17.5. The molecule has 140 valence electrons. The van der Waals surface area contributed by atoms with E-state index in [1.807, 2.05) is 48.6 Å². The monoisotopic (exact) mass is 365 g/mol. The lowest BCUT2D eigenvalue weighted by atomic mass is 9.95. The van der Waals surface area contributed by atoms with Crippen LogP contribution in [-0.2, 0) is 6.54 Å². The van der Waals surface area contributed by atoms with Crippen LogP contribution < -0.4 is 0 Å². The Morgan fingerprint density at radius 3 is 2.67 bits per heavy atom. The molecule has 7 nitrogen and oxygen atoms in total. The number of amides is 1. The molecule has 0 aliphatic carbocycles. The number of carbonyl (C=O) groups excluding carboxylic acids is 1. The zero-order valence-electron chi connectivity index (χ0n) is 15.6. The maximum atomic E-state index is 12.8. The van der Waals surface area contributed by atoms with Crippen molar-refractivity contribution in [2.24, 2.45) is 0 Å². The first-order valence-corrected chi connectivity index (χ1v) is 9.26. The van der Waals surface area contributed by atoms with Gasteiger partial charge in [-0.05, 0) is 38.8 Å². The summed E-state index contributed by atoms with van der Waals surface area (Å²) in [5.41, 5.74) is 2.28. The molecule has 0 saturated carbocycles. The molecule has 1 aliphatic rings. The normalized spacial score (nSPS) is 15.3. The van der Waals surface area contributed by atoms with Crippen LogP contribution in [0.2, 0.25) is 0 Å². The first-order valence-electron chi connectivity index (χ1n) is 9.26. The van der Waals surface area contributed by atoms with Crippen molar-refractivity contribution in [3.63, 3.8) is 0 Å². The Hall–Kier alpha value is -2.96. The van der Waals surface area contributed by atoms with Crippen LogP contribution in [0.15, 0.2) is 41.3 Å². The van der Waals surface area contributed by atoms with E-state index in [0.29, 0.717) is 42.6 Å². The highest BCUT2D eigenvalue weighted by atomic mass is 16.5. The van der Waals surface area contributed by atoms with Gasteiger partial charge in [-0.2, -0.15) is 0 Å². The van der Waals surface area contributed by atoms with Crippen molar-refractivity contribution in [2.75, 3.05) is 13.1 Å². The summed E-state index contributed by atoms with van der Waals surface area (Å²) in [5.74, 6) is 2.02. The fourth-order valence-electron chi connectivity index (χ4n) is 3.77. The van der Waals surface area contributed by atoms with E-state index in [9.17, 15) is 4.79 Å². The van der Waals surface area contributed by atoms with Crippen molar-refractivity contribution >= 4 is 5.91 Å². The average molecular weight is 365 g/mol. The highest BCUT2D eigenvalue weighted by Crippen LogP contribution is 2.28. The first-order chi connectivity index (χ1) is 13.1. The van der Waals surface area contributed by atoms with E-state index < -0.39 is 0 Å². The Morgan fingerprint density at radius 2 is 2.00 bits per heavy atom. The summed E-state index contributed by atoms with van der Waals surface area (Å²) in [5, 5.41) is 3.90. The summed E-state index contributed by atoms with van der Waals surface area (Å²) in [6.45, 7) is 5.74. The molecule has 1 aliphatic heterocycles. The lowest BCUT2D eigenvalue weighted by Crippen LogP contribution is -2.38. The van der Waals surface area contributed by atoms with E-state index in [-0.39, 0.29) is 5.91 Å². The fraction of sp³-hybridized carbons (Fsp3) is 0.400. The highest BCUT2D eigenvalue weighted by molar-refractivity contribution is 5.96. The molecule has 0 N–H and O–H groups in total. The van der Waals surface area contributed by atoms with Crippen molar-refractivity contribution < 1.29 is 9.32 Å². The average Bonchev–Trinajstić information content (AvgIpc) is 3.28. The van der Waals surface area contributed by atoms with Gasteiger partial charge < -0.3 is 14.0 Å². The zero-order chi connectivity index (χ0) is 18.8. The molecule has 1 saturated heterocycles. The molecule has 4 heterocycles. The molecule has 0 radical (unpaired) electrons. The van der Waals surface area contributed by atoms with Gasteiger partial charge in [-0.15, -0.1) is 0 Å². The molecule has 1 amide bonds. The summed E-state index contributed by atoms with van der Waals surface area (Å²) in [7, 11) is 0. The van der Waals surface area contributed by atoms with E-state index in [1.54, 1.807) is 6.92 Å². The lowest BCUT2D eigenvalue weighted by Gasteiger charge is -2.32. The van der Waals surface area contributed by atoms with Gasteiger partial charge in [0, 0.05) is 37.6 Å². The van der Waals surface area contributed by atoms with Gasteiger partial charge in [0.1, 0.15) is 17.1 Å². The van der Waals surface area contributed by atoms with Gasteiger partial charge in [-0.1, -0.05) is 11.2 Å². The van der Waals surface area contributed by atoms with Gasteiger partial charge in [0.05, 0.1) is 17.9 Å². The Bertz CT molecular complexity index is 904. The molecule has 0 spiro atoms. The zero-order valence-corrected chi connectivity index (χ0v) is 15.6. The Kier molecular flexibility index (Phi) is 4.75. The summed E-state index contributed by atoms with van der Waals surface area (Å²) in [6, 6.07) is 5.94. The molecule has 3 aromatic rings. The number of hydrogen-bond donors (Lipinski definition) is 0. The molecule has 0 unspecified atom stereocenters. The number of rotatable bonds is 4. The van der Waals surface area contributed by atoms with E-state index in [1.165, 1.54) is 0 Å². The van der Waals surface area contributed by atoms with E-state index in [2.05, 4.69) is 19.7 Å². The van der Waals surface area contributed by atoms with Gasteiger partial charge in [0.25, 0.3) is 5.91 Å². The number of likely N-dealkylation sites (tertiary alicyclic amines) is 1. The lowest BCUT2D eigenvalue weighted by molar-refractivity contribution is 0.0708. The number of carbonyl (C=O) groups is 1. The van der Waals surface area contributed by atoms with Crippen molar-refractivity contribution in [1.29, 1.82) is 0 Å². The molecular formula is C20H23N5O2. The predicted octanol–water partition coefficient (Wildman–Crippen LogP) is 2.95. The van der Waals surface area contributed by atoms with Crippen molar-refractivity contribution in [3.8, 4) is 0 Å². The van der Waals surface area contributed by atoms with Gasteiger partial charge >= 0.3 is 0 Å². The van der Waals surface area contributed by atoms with Crippen LogP contribution in [0.25, 0.3) is 0 Å². The maximum absolute atomic E-state index is 12.8. The summed E-state index contributed by atoms with van der Waals surface area (Å²) >= 11 is 0. The van der Waals surface area contributed by atoms with Gasteiger partial charge in [-0.25, -0.2) is 4.98 Å². The molecule has 0 bridgehead atoms. The molecule has 1 fully saturated rings. The molecule has 4 rings (SSSR count). The van der Waals surface area contributed by atoms with Crippen LogP contribution in [0, 0.1) is 13.8 Å². The third-order valence-corrected chi connectivity index (χ3v) is 5.20. The van der Waals surface area contributed by atoms with E-state index >= 15 is 0 Å². The van der Waals surface area contributed by atoms with Crippen molar-refractivity contribution in [2.45, 2.75) is 39.2 Å². The highest BCUT2D eigenvalue weighted by Gasteiger charge is 2.29. The van der Waals surface area contributed by atoms with Crippen molar-refractivity contribution in [1.82, 2.24) is 24.6 Å². The molecule has 0 atom stereocenters. The minimum Gasteiger partial charge on any atom is -0.361 e. The third kappa shape index (κ3) is 3.49. The number of imidazole rings is 1. The van der Waals surface area contributed by atoms with Crippen LogP contribution in [0.3, 0.4) is 0 Å². The summed E-state index contributed by atoms with van der Waals surface area (Å²) < 4.78 is 7.31. The molecular weight excluding hydrogens is 342 g/mol. The Labute approximate surface area is 158 Å². The molecule has 3 aromatic heterocycles. The SMILES string of the molecule is Cc1noc(C)c1C(=O)N1CCC(c2nccn2Cc2ccccn2)CC1. The summed E-state index contributed by atoms with van der Waals surface area (Å²) in [6.07, 6.45) is 7.46. The Morgan fingerprint density at radius 1 is 1.19 bits per heavy atom. The predicted molar refractivity (Wildman–Crippen MR) is 99.4 cm³/mol. The largest absolute Gasteiger partial charge is 0.361 e. The van der Waals surface area contributed by atoms with Crippen LogP contribution >= 0.6 is 0 Å². The number of aromatic nitrogens is 4. The third-order valence-electron chi connectivity index (χ3n) is 5.20. The topological polar surface area (TPSA) is 77.0 Å². The second-order valence-electron chi connectivity index (χ2n) is 7.00.